The van der Waals surface area contributed by atoms with E-state index in [1.54, 1.807) is 0 Å². The number of nitrogens with zero attached hydrogens (tertiary/aromatic N) is 1. The van der Waals surface area contributed by atoms with Crippen LogP contribution in [0.3, 0.4) is 0 Å². The van der Waals surface area contributed by atoms with Crippen molar-refractivity contribution in [2.75, 3.05) is 0 Å². The molecule has 0 radical (unpaired) electrons. The molecule has 0 aromatic heterocycles. The topological polar surface area (TPSA) is 29.5 Å². The lowest BCUT2D eigenvalue weighted by molar-refractivity contribution is -0.161. The Morgan fingerprint density at radius 1 is 1.67 bits per heavy atom. The van der Waals surface area contributed by atoms with Gasteiger partial charge in [-0.05, 0) is 6.42 Å². The van der Waals surface area contributed by atoms with Gasteiger partial charge in [0, 0.05) is 0 Å². The third-order valence-corrected chi connectivity index (χ3v) is 2.34. The standard InChI is InChI=1S/C6H7NO2/c8-5-2-6-7(5)3-1-4(3)9-6/h3-4,6H,1-2H2. The van der Waals surface area contributed by atoms with Gasteiger partial charge in [-0.1, -0.05) is 0 Å². The van der Waals surface area contributed by atoms with Crippen LogP contribution >= 0.6 is 0 Å². The molecule has 1 amide bonds. The van der Waals surface area contributed by atoms with Gasteiger partial charge in [-0.2, -0.15) is 0 Å². The van der Waals surface area contributed by atoms with Gasteiger partial charge in [0.1, 0.15) is 6.23 Å². The molecule has 3 rings (SSSR count). The number of ether oxygens (including phenoxy) is 1. The van der Waals surface area contributed by atoms with Crippen molar-refractivity contribution >= 4 is 5.91 Å². The Balaban J connectivity index is 1.95. The van der Waals surface area contributed by atoms with E-state index < -0.39 is 0 Å². The van der Waals surface area contributed by atoms with E-state index in [0.717, 1.165) is 6.42 Å². The Morgan fingerprint density at radius 3 is 3.11 bits per heavy atom. The van der Waals surface area contributed by atoms with Crippen molar-refractivity contribution < 1.29 is 9.53 Å². The Kier molecular flexibility index (Phi) is 0.481. The molecule has 9 heavy (non-hydrogen) atoms. The second kappa shape index (κ2) is 1.01. The molecule has 0 spiro atoms. The molecule has 0 aromatic rings. The zero-order valence-electron chi connectivity index (χ0n) is 4.91. The summed E-state index contributed by atoms with van der Waals surface area (Å²) in [7, 11) is 0. The minimum atomic E-state index is 0.182. The molecule has 2 saturated heterocycles. The second-order valence-electron chi connectivity index (χ2n) is 2.94. The molecule has 2 aliphatic heterocycles. The van der Waals surface area contributed by atoms with Crippen LogP contribution in [0.2, 0.25) is 0 Å². The van der Waals surface area contributed by atoms with Crippen LogP contribution in [-0.2, 0) is 9.53 Å². The van der Waals surface area contributed by atoms with E-state index in [4.69, 9.17) is 4.74 Å². The number of hydrogen-bond donors (Lipinski definition) is 0. The molecule has 3 nitrogen and oxygen atoms in total. The Bertz CT molecular complexity index is 189. The van der Waals surface area contributed by atoms with Crippen molar-refractivity contribution in [3.8, 4) is 0 Å². The maximum absolute atomic E-state index is 10.8. The average Bonchev–Trinajstić information content (AvgIpc) is 2.42. The second-order valence-corrected chi connectivity index (χ2v) is 2.94. The van der Waals surface area contributed by atoms with Crippen molar-refractivity contribution in [2.24, 2.45) is 0 Å². The fourth-order valence-electron chi connectivity index (χ4n) is 1.71. The minimum absolute atomic E-state index is 0.182. The summed E-state index contributed by atoms with van der Waals surface area (Å²) in [6.45, 7) is 0. The smallest absolute Gasteiger partial charge is 0.229 e. The highest BCUT2D eigenvalue weighted by atomic mass is 16.5. The summed E-state index contributed by atoms with van der Waals surface area (Å²) in [6, 6.07) is 0.483. The number of amides is 1. The number of fused-ring (bicyclic) bond motifs is 3. The van der Waals surface area contributed by atoms with Crippen molar-refractivity contribution in [3.63, 3.8) is 0 Å². The van der Waals surface area contributed by atoms with Crippen molar-refractivity contribution in [2.45, 2.75) is 31.2 Å². The lowest BCUT2D eigenvalue weighted by atomic mass is 10.2. The number of β-lactam (4-membered cyclic amide) rings is 1. The van der Waals surface area contributed by atoms with E-state index in [1.807, 2.05) is 4.90 Å². The highest BCUT2D eigenvalue weighted by Gasteiger charge is 2.60. The van der Waals surface area contributed by atoms with Crippen LogP contribution in [-0.4, -0.2) is 29.2 Å². The number of rotatable bonds is 0. The summed E-state index contributed by atoms with van der Waals surface area (Å²) in [5.74, 6) is 0.282. The zero-order chi connectivity index (χ0) is 6.01. The molecule has 0 aromatic carbocycles. The third kappa shape index (κ3) is 0.339. The summed E-state index contributed by atoms with van der Waals surface area (Å²) in [4.78, 5) is 12.7. The fraction of sp³-hybridized carbons (Fsp3) is 0.833. The van der Waals surface area contributed by atoms with Crippen LogP contribution in [0.1, 0.15) is 12.8 Å². The third-order valence-electron chi connectivity index (χ3n) is 2.34. The van der Waals surface area contributed by atoms with Crippen LogP contribution in [0.25, 0.3) is 0 Å². The normalized spacial score (nSPS) is 52.2. The fourth-order valence-corrected chi connectivity index (χ4v) is 1.71. The van der Waals surface area contributed by atoms with E-state index in [-0.39, 0.29) is 12.1 Å². The van der Waals surface area contributed by atoms with E-state index in [9.17, 15) is 4.79 Å². The first kappa shape index (κ1) is 4.28. The van der Waals surface area contributed by atoms with Gasteiger partial charge in [-0.25, -0.2) is 0 Å². The zero-order valence-corrected chi connectivity index (χ0v) is 4.91. The molecule has 3 atom stereocenters. The highest BCUT2D eigenvalue weighted by Crippen LogP contribution is 2.46. The van der Waals surface area contributed by atoms with Gasteiger partial charge in [0.05, 0.1) is 18.6 Å². The van der Waals surface area contributed by atoms with Crippen molar-refractivity contribution in [3.05, 3.63) is 0 Å². The molecule has 0 bridgehead atoms. The van der Waals surface area contributed by atoms with Crippen LogP contribution in [0, 0.1) is 0 Å². The quantitative estimate of drug-likeness (QED) is 0.416. The van der Waals surface area contributed by atoms with Gasteiger partial charge in [-0.3, -0.25) is 4.79 Å². The van der Waals surface area contributed by atoms with Gasteiger partial charge in [0.25, 0.3) is 0 Å². The lowest BCUT2D eigenvalue weighted by Crippen LogP contribution is -2.51. The first-order valence-corrected chi connectivity index (χ1v) is 3.33. The Labute approximate surface area is 52.6 Å². The van der Waals surface area contributed by atoms with Gasteiger partial charge < -0.3 is 9.64 Å². The maximum atomic E-state index is 10.8. The monoisotopic (exact) mass is 125 g/mol. The van der Waals surface area contributed by atoms with Crippen LogP contribution in [0.15, 0.2) is 0 Å². The molecule has 3 heteroatoms. The van der Waals surface area contributed by atoms with Crippen molar-refractivity contribution in [1.82, 2.24) is 4.90 Å². The number of carbonyl (C=O) groups is 1. The number of carbonyl (C=O) groups excluding carboxylic acids is 1. The van der Waals surface area contributed by atoms with E-state index in [1.165, 1.54) is 0 Å². The molecule has 1 saturated carbocycles. The first-order valence-electron chi connectivity index (χ1n) is 3.33. The molecular weight excluding hydrogens is 118 g/mol. The average molecular weight is 125 g/mol. The lowest BCUT2D eigenvalue weighted by Gasteiger charge is -2.34. The summed E-state index contributed by atoms with van der Waals surface area (Å²) < 4.78 is 5.41. The van der Waals surface area contributed by atoms with Crippen LogP contribution < -0.4 is 0 Å². The van der Waals surface area contributed by atoms with Gasteiger partial charge >= 0.3 is 0 Å². The first-order chi connectivity index (χ1) is 4.36. The predicted molar refractivity (Wildman–Crippen MR) is 28.5 cm³/mol. The van der Waals surface area contributed by atoms with Crippen LogP contribution in [0.5, 0.6) is 0 Å². The molecule has 1 aliphatic carbocycles. The van der Waals surface area contributed by atoms with Gasteiger partial charge in [0.15, 0.2) is 0 Å². The molecular formula is C6H7NO2. The summed E-state index contributed by atoms with van der Waals surface area (Å²) in [6.07, 6.45) is 2.32. The molecule has 3 aliphatic rings. The van der Waals surface area contributed by atoms with Gasteiger partial charge in [-0.15, -0.1) is 0 Å². The highest BCUT2D eigenvalue weighted by molar-refractivity contribution is 5.84. The Hall–Kier alpha value is -0.570. The predicted octanol–water partition coefficient (Wildman–Crippen LogP) is -0.284. The Morgan fingerprint density at radius 2 is 2.56 bits per heavy atom. The summed E-state index contributed by atoms with van der Waals surface area (Å²) >= 11 is 0. The molecule has 3 fully saturated rings. The minimum Gasteiger partial charge on any atom is -0.352 e. The summed E-state index contributed by atoms with van der Waals surface area (Å²) in [5.41, 5.74) is 0. The van der Waals surface area contributed by atoms with Gasteiger partial charge in [0.2, 0.25) is 5.91 Å². The van der Waals surface area contributed by atoms with E-state index in [2.05, 4.69) is 0 Å². The molecule has 2 heterocycles. The van der Waals surface area contributed by atoms with E-state index >= 15 is 0 Å². The molecule has 48 valence electrons. The number of hydrogen-bond acceptors (Lipinski definition) is 2. The van der Waals surface area contributed by atoms with E-state index in [0.29, 0.717) is 18.6 Å². The largest absolute Gasteiger partial charge is 0.352 e. The molecule has 0 N–H and O–H groups in total. The molecule has 3 unspecified atom stereocenters. The SMILES string of the molecule is O=C1CC2OC3CC3N12. The maximum Gasteiger partial charge on any atom is 0.229 e. The summed E-state index contributed by atoms with van der Waals surface area (Å²) in [5, 5.41) is 0. The van der Waals surface area contributed by atoms with Crippen molar-refractivity contribution in [1.29, 1.82) is 0 Å². The van der Waals surface area contributed by atoms with Crippen LogP contribution in [0.4, 0.5) is 0 Å².